The number of benzene rings is 2. The first kappa shape index (κ1) is 23.9. The fraction of sp³-hybridized carbons (Fsp3) is 0.464. The maximum absolute atomic E-state index is 15.4. The third-order valence-corrected chi connectivity index (χ3v) is 7.66. The second kappa shape index (κ2) is 9.70. The predicted octanol–water partition coefficient (Wildman–Crippen LogP) is 5.52. The number of fused-ring (bicyclic) bond motifs is 5. The summed E-state index contributed by atoms with van der Waals surface area (Å²) >= 11 is 0. The second-order valence-corrected chi connectivity index (χ2v) is 10.2. The van der Waals surface area contributed by atoms with Crippen LogP contribution in [0.25, 0.3) is 22.2 Å². The van der Waals surface area contributed by atoms with Crippen LogP contribution in [0, 0.1) is 5.82 Å². The molecule has 2 aromatic carbocycles. The number of nitrogens with zero attached hydrogens (tertiary/aromatic N) is 3. The van der Waals surface area contributed by atoms with Gasteiger partial charge in [0.05, 0.1) is 11.3 Å². The van der Waals surface area contributed by atoms with Crippen molar-refractivity contribution in [3.63, 3.8) is 0 Å². The lowest BCUT2D eigenvalue weighted by molar-refractivity contribution is 0.0697. The quantitative estimate of drug-likeness (QED) is 0.522. The van der Waals surface area contributed by atoms with Crippen molar-refractivity contribution in [3.8, 4) is 11.3 Å². The molecule has 1 N–H and O–H groups in total. The molecule has 1 saturated carbocycles. The summed E-state index contributed by atoms with van der Waals surface area (Å²) < 4.78 is 32.9. The molecular formula is C28H33F2N3O2. The van der Waals surface area contributed by atoms with E-state index in [2.05, 4.69) is 14.4 Å². The van der Waals surface area contributed by atoms with Crippen LogP contribution >= 0.6 is 0 Å². The second-order valence-electron chi connectivity index (χ2n) is 10.2. The molecule has 2 aliphatic rings. The van der Waals surface area contributed by atoms with Gasteiger partial charge in [-0.25, -0.2) is 13.6 Å². The van der Waals surface area contributed by atoms with Crippen LogP contribution in [-0.2, 0) is 13.1 Å². The van der Waals surface area contributed by atoms with E-state index >= 15 is 8.78 Å². The van der Waals surface area contributed by atoms with Crippen molar-refractivity contribution in [2.24, 2.45) is 0 Å². The van der Waals surface area contributed by atoms with Crippen molar-refractivity contribution in [1.29, 1.82) is 0 Å². The Hall–Kier alpha value is -2.77. The molecule has 0 saturated heterocycles. The fourth-order valence-corrected chi connectivity index (χ4v) is 5.84. The molecule has 5 rings (SSSR count). The fourth-order valence-electron chi connectivity index (χ4n) is 5.84. The van der Waals surface area contributed by atoms with Gasteiger partial charge >= 0.3 is 5.97 Å². The Labute approximate surface area is 204 Å². The first-order valence-corrected chi connectivity index (χ1v) is 12.5. The standard InChI is InChI=1S/C28H33F2N3O2/c1-31(2)12-13-32-14-15-33-25-16-18(28(34)35)10-11-21(25)26(20-6-3-4-8-23(20)29)27(33)19-7-5-9-24(30)22(19)17-32/h5,7,9-11,16,20,23H,3-4,6,8,12-15,17H2,1-2H3,(H,34,35)/t20-,23-/m1/s1. The Morgan fingerprint density at radius 3 is 2.69 bits per heavy atom. The highest BCUT2D eigenvalue weighted by molar-refractivity contribution is 5.98. The van der Waals surface area contributed by atoms with Gasteiger partial charge in [-0.1, -0.05) is 31.0 Å². The zero-order chi connectivity index (χ0) is 24.7. The topological polar surface area (TPSA) is 48.7 Å². The summed E-state index contributed by atoms with van der Waals surface area (Å²) in [5.41, 5.74) is 4.19. The Morgan fingerprint density at radius 1 is 1.14 bits per heavy atom. The van der Waals surface area contributed by atoms with Crippen LogP contribution in [0.2, 0.25) is 0 Å². The number of carboxylic acids is 1. The first-order chi connectivity index (χ1) is 16.8. The molecule has 0 amide bonds. The average molecular weight is 482 g/mol. The third-order valence-electron chi connectivity index (χ3n) is 7.66. The van der Waals surface area contributed by atoms with Gasteiger partial charge in [0.15, 0.2) is 0 Å². The van der Waals surface area contributed by atoms with Gasteiger partial charge < -0.3 is 14.6 Å². The normalized spacial score (nSPS) is 20.9. The highest BCUT2D eigenvalue weighted by atomic mass is 19.1. The van der Waals surface area contributed by atoms with Crippen molar-refractivity contribution >= 4 is 16.9 Å². The third kappa shape index (κ3) is 4.47. The van der Waals surface area contributed by atoms with Crippen LogP contribution in [0.3, 0.4) is 0 Å². The number of aromatic carboxylic acids is 1. The van der Waals surface area contributed by atoms with E-state index < -0.39 is 12.1 Å². The van der Waals surface area contributed by atoms with Gasteiger partial charge in [-0.3, -0.25) is 4.90 Å². The molecule has 3 aromatic rings. The van der Waals surface area contributed by atoms with Crippen LogP contribution in [0.4, 0.5) is 8.78 Å². The van der Waals surface area contributed by atoms with E-state index in [1.54, 1.807) is 18.2 Å². The van der Waals surface area contributed by atoms with Gasteiger partial charge in [-0.2, -0.15) is 0 Å². The average Bonchev–Trinajstić information content (AvgIpc) is 3.13. The molecule has 1 aliphatic heterocycles. The van der Waals surface area contributed by atoms with E-state index in [1.165, 1.54) is 6.07 Å². The van der Waals surface area contributed by atoms with E-state index in [0.29, 0.717) is 31.6 Å². The smallest absolute Gasteiger partial charge is 0.335 e. The summed E-state index contributed by atoms with van der Waals surface area (Å²) in [6.45, 7) is 3.45. The van der Waals surface area contributed by atoms with Gasteiger partial charge in [0, 0.05) is 60.7 Å². The number of rotatable bonds is 5. The molecule has 1 fully saturated rings. The molecule has 1 aromatic heterocycles. The number of likely N-dealkylation sites (N-methyl/N-ethyl adjacent to an activating group) is 1. The molecule has 0 spiro atoms. The molecule has 35 heavy (non-hydrogen) atoms. The summed E-state index contributed by atoms with van der Waals surface area (Å²) in [7, 11) is 4.04. The van der Waals surface area contributed by atoms with Crippen LogP contribution in [-0.4, -0.2) is 65.3 Å². The summed E-state index contributed by atoms with van der Waals surface area (Å²) in [5, 5.41) is 10.6. The van der Waals surface area contributed by atoms with Crippen molar-refractivity contribution in [1.82, 2.24) is 14.4 Å². The summed E-state index contributed by atoms with van der Waals surface area (Å²) in [6, 6.07) is 10.3. The van der Waals surface area contributed by atoms with Gasteiger partial charge in [-0.05, 0) is 50.7 Å². The van der Waals surface area contributed by atoms with Crippen molar-refractivity contribution in [2.45, 2.75) is 50.9 Å². The summed E-state index contributed by atoms with van der Waals surface area (Å²) in [6.07, 6.45) is 2.14. The van der Waals surface area contributed by atoms with E-state index in [9.17, 15) is 9.90 Å². The van der Waals surface area contributed by atoms with E-state index in [-0.39, 0.29) is 17.3 Å². The minimum atomic E-state index is -0.991. The molecule has 2 atom stereocenters. The van der Waals surface area contributed by atoms with Crippen molar-refractivity contribution < 1.29 is 18.7 Å². The Balaban J connectivity index is 1.76. The zero-order valence-corrected chi connectivity index (χ0v) is 20.4. The SMILES string of the molecule is CN(C)CCN1CCn2c(c([C@@H]3CCCC[C@H]3F)c3ccc(C(=O)O)cc32)-c2cccc(F)c2C1. The first-order valence-electron chi connectivity index (χ1n) is 12.5. The number of halogens is 2. The lowest BCUT2D eigenvalue weighted by atomic mass is 9.80. The minimum Gasteiger partial charge on any atom is -0.478 e. The molecule has 2 heterocycles. The molecule has 5 nitrogen and oxygen atoms in total. The lowest BCUT2D eigenvalue weighted by Crippen LogP contribution is -2.35. The molecule has 1 aliphatic carbocycles. The molecular weight excluding hydrogens is 448 g/mol. The summed E-state index contributed by atoms with van der Waals surface area (Å²) in [4.78, 5) is 16.2. The van der Waals surface area contributed by atoms with Gasteiger partial charge in [-0.15, -0.1) is 0 Å². The van der Waals surface area contributed by atoms with E-state index in [0.717, 1.165) is 60.1 Å². The Morgan fingerprint density at radius 2 is 1.94 bits per heavy atom. The lowest BCUT2D eigenvalue weighted by Gasteiger charge is -2.31. The van der Waals surface area contributed by atoms with Gasteiger partial charge in [0.2, 0.25) is 0 Å². The maximum Gasteiger partial charge on any atom is 0.335 e. The van der Waals surface area contributed by atoms with Crippen molar-refractivity contribution in [2.75, 3.05) is 33.7 Å². The van der Waals surface area contributed by atoms with E-state index in [1.807, 2.05) is 26.2 Å². The molecule has 7 heteroatoms. The molecule has 0 unspecified atom stereocenters. The monoisotopic (exact) mass is 481 g/mol. The zero-order valence-electron chi connectivity index (χ0n) is 20.4. The maximum atomic E-state index is 15.4. The molecule has 0 bridgehead atoms. The van der Waals surface area contributed by atoms with Crippen LogP contribution in [0.15, 0.2) is 36.4 Å². The van der Waals surface area contributed by atoms with Crippen LogP contribution in [0.5, 0.6) is 0 Å². The number of alkyl halides is 1. The van der Waals surface area contributed by atoms with Crippen LogP contribution < -0.4 is 0 Å². The highest BCUT2D eigenvalue weighted by Crippen LogP contribution is 2.46. The number of hydrogen-bond donors (Lipinski definition) is 1. The highest BCUT2D eigenvalue weighted by Gasteiger charge is 2.34. The van der Waals surface area contributed by atoms with Crippen molar-refractivity contribution in [3.05, 3.63) is 58.9 Å². The number of carbonyl (C=O) groups is 1. The Kier molecular flexibility index (Phi) is 6.64. The van der Waals surface area contributed by atoms with Gasteiger partial charge in [0.1, 0.15) is 12.0 Å². The minimum absolute atomic E-state index is 0.204. The predicted molar refractivity (Wildman–Crippen MR) is 134 cm³/mol. The number of hydrogen-bond acceptors (Lipinski definition) is 3. The summed E-state index contributed by atoms with van der Waals surface area (Å²) in [5.74, 6) is -1.53. The van der Waals surface area contributed by atoms with E-state index in [4.69, 9.17) is 0 Å². The number of carboxylic acid groups (broad SMARTS) is 1. The van der Waals surface area contributed by atoms with Crippen LogP contribution in [0.1, 0.15) is 53.1 Å². The Bertz CT molecular complexity index is 1250. The number of aromatic nitrogens is 1. The molecule has 0 radical (unpaired) electrons. The van der Waals surface area contributed by atoms with Gasteiger partial charge in [0.25, 0.3) is 0 Å². The largest absolute Gasteiger partial charge is 0.478 e. The molecule has 186 valence electrons.